The van der Waals surface area contributed by atoms with E-state index in [1.807, 2.05) is 0 Å². The van der Waals surface area contributed by atoms with E-state index in [1.54, 1.807) is 0 Å². The highest BCUT2D eigenvalue weighted by Gasteiger charge is 2.22. The molecule has 0 aromatic rings. The van der Waals surface area contributed by atoms with Crippen LogP contribution in [0, 0.1) is 0 Å². The van der Waals surface area contributed by atoms with Crippen molar-refractivity contribution < 1.29 is 12.7 Å². The van der Waals surface area contributed by atoms with Gasteiger partial charge in [-0.2, -0.15) is 8.15 Å². The molecule has 0 fully saturated rings. The number of hydrogen-bond donors (Lipinski definition) is 1. The van der Waals surface area contributed by atoms with Crippen LogP contribution in [0.1, 0.15) is 0 Å². The van der Waals surface area contributed by atoms with Gasteiger partial charge in [-0.05, 0) is 0 Å². The monoisotopic (exact) mass is 193 g/mol. The van der Waals surface area contributed by atoms with E-state index in [-0.39, 0.29) is 12.7 Å². The molecule has 0 aliphatic rings. The number of hydrogen-bond acceptors (Lipinski definition) is 4. The predicted octanol–water partition coefficient (Wildman–Crippen LogP) is 1.48. The smallest absolute Gasteiger partial charge is 0.330 e. The first-order valence-corrected chi connectivity index (χ1v) is 4.43. The van der Waals surface area contributed by atoms with Crippen molar-refractivity contribution >= 4 is 31.3 Å². The molecular weight excluding hydrogens is 188 g/mol. The minimum Gasteiger partial charge on any atom is -0.330 e. The molecule has 0 bridgehead atoms. The number of rotatable bonds is 4. The average molecular weight is 194 g/mol. The molecule has 0 aliphatic heterocycles. The third-order valence-corrected chi connectivity index (χ3v) is 3.10. The molecule has 4 nitrogen and oxygen atoms in total. The van der Waals surface area contributed by atoms with E-state index in [9.17, 15) is 4.57 Å². The molecular formula is C2H6Cl2NO3P. The zero-order valence-electron chi connectivity index (χ0n) is 4.42. The summed E-state index contributed by atoms with van der Waals surface area (Å²) in [7, 11) is -3.28. The minimum atomic E-state index is -3.28. The maximum Gasteiger partial charge on any atom is 0.364 e. The summed E-state index contributed by atoms with van der Waals surface area (Å²) in [5, 5.41) is 0. The van der Waals surface area contributed by atoms with Crippen molar-refractivity contribution in [2.75, 3.05) is 12.7 Å². The van der Waals surface area contributed by atoms with Crippen molar-refractivity contribution in [1.82, 2.24) is 0 Å². The van der Waals surface area contributed by atoms with Gasteiger partial charge in [0.05, 0.1) is 29.9 Å². The molecule has 2 N–H and O–H groups in total. The van der Waals surface area contributed by atoms with Gasteiger partial charge in [0.25, 0.3) is 0 Å². The standard InChI is InChI=1S/C2H6Cl2NO3P/c3-7-9(6,8-4)2-1-5/h1-2,5H2. The van der Waals surface area contributed by atoms with Gasteiger partial charge in [-0.1, -0.05) is 0 Å². The van der Waals surface area contributed by atoms with Gasteiger partial charge in [0, 0.05) is 6.54 Å². The lowest BCUT2D eigenvalue weighted by molar-refractivity contribution is 0.416. The van der Waals surface area contributed by atoms with Gasteiger partial charge < -0.3 is 5.73 Å². The zero-order valence-corrected chi connectivity index (χ0v) is 6.83. The Bertz CT molecular complexity index is 112. The summed E-state index contributed by atoms with van der Waals surface area (Å²) in [6.45, 7) is 0.150. The van der Waals surface area contributed by atoms with E-state index < -0.39 is 7.60 Å². The molecule has 0 aliphatic carbocycles. The minimum absolute atomic E-state index is 0.0139. The fraction of sp³-hybridized carbons (Fsp3) is 1.00. The van der Waals surface area contributed by atoms with Crippen LogP contribution in [0.3, 0.4) is 0 Å². The SMILES string of the molecule is NCCP(=O)(OCl)OCl. The highest BCUT2D eigenvalue weighted by molar-refractivity contribution is 7.55. The van der Waals surface area contributed by atoms with Crippen molar-refractivity contribution in [2.45, 2.75) is 0 Å². The molecule has 0 atom stereocenters. The van der Waals surface area contributed by atoms with Gasteiger partial charge in [0.2, 0.25) is 0 Å². The Morgan fingerprint density at radius 3 is 2.00 bits per heavy atom. The highest BCUT2D eigenvalue weighted by Crippen LogP contribution is 2.49. The van der Waals surface area contributed by atoms with Crippen LogP contribution in [0.5, 0.6) is 0 Å². The van der Waals surface area contributed by atoms with Gasteiger partial charge in [0.1, 0.15) is 0 Å². The summed E-state index contributed by atoms with van der Waals surface area (Å²) in [6.07, 6.45) is 0.0139. The second-order valence-corrected chi connectivity index (χ2v) is 4.03. The molecule has 0 radical (unpaired) electrons. The molecule has 7 heteroatoms. The first kappa shape index (κ1) is 9.69. The van der Waals surface area contributed by atoms with Crippen LogP contribution >= 0.6 is 31.3 Å². The van der Waals surface area contributed by atoms with Gasteiger partial charge in [-0.3, -0.25) is 4.57 Å². The Labute approximate surface area is 63.1 Å². The molecule has 0 aromatic carbocycles. The quantitative estimate of drug-likeness (QED) is 0.688. The van der Waals surface area contributed by atoms with Gasteiger partial charge in [0.15, 0.2) is 0 Å². The predicted molar refractivity (Wildman–Crippen MR) is 35.4 cm³/mol. The van der Waals surface area contributed by atoms with E-state index in [4.69, 9.17) is 29.5 Å². The second-order valence-electron chi connectivity index (χ2n) is 1.26. The lowest BCUT2D eigenvalue weighted by atomic mass is 10.8. The first-order valence-electron chi connectivity index (χ1n) is 2.08. The fourth-order valence-electron chi connectivity index (χ4n) is 0.238. The molecule has 0 aromatic heterocycles. The molecule has 56 valence electrons. The van der Waals surface area contributed by atoms with E-state index in [1.165, 1.54) is 0 Å². The molecule has 0 spiro atoms. The van der Waals surface area contributed by atoms with Crippen LogP contribution in [-0.2, 0) is 12.7 Å². The van der Waals surface area contributed by atoms with Crippen LogP contribution in [-0.4, -0.2) is 12.7 Å². The Morgan fingerprint density at radius 2 is 1.89 bits per heavy atom. The molecule has 0 saturated carbocycles. The Balaban J connectivity index is 3.78. The molecule has 0 unspecified atom stereocenters. The maximum absolute atomic E-state index is 10.8. The molecule has 0 amide bonds. The summed E-state index contributed by atoms with van der Waals surface area (Å²) < 4.78 is 18.6. The van der Waals surface area contributed by atoms with Crippen LogP contribution in [0.2, 0.25) is 0 Å². The Kier molecular flexibility index (Phi) is 4.84. The fourth-order valence-corrected chi connectivity index (χ4v) is 1.38. The van der Waals surface area contributed by atoms with Crippen LogP contribution < -0.4 is 5.73 Å². The van der Waals surface area contributed by atoms with Crippen molar-refractivity contribution in [3.63, 3.8) is 0 Å². The van der Waals surface area contributed by atoms with Gasteiger partial charge in [-0.25, -0.2) is 0 Å². The lowest BCUT2D eigenvalue weighted by Crippen LogP contribution is -2.05. The van der Waals surface area contributed by atoms with Crippen LogP contribution in [0.15, 0.2) is 0 Å². The normalized spacial score (nSPS) is 11.9. The van der Waals surface area contributed by atoms with E-state index in [0.29, 0.717) is 0 Å². The summed E-state index contributed by atoms with van der Waals surface area (Å²) in [5.74, 6) is 0. The molecule has 0 rings (SSSR count). The first-order chi connectivity index (χ1) is 4.18. The van der Waals surface area contributed by atoms with E-state index >= 15 is 0 Å². The Hall–Kier alpha value is 0.690. The van der Waals surface area contributed by atoms with E-state index in [0.717, 1.165) is 0 Å². The second kappa shape index (κ2) is 4.50. The third-order valence-electron chi connectivity index (χ3n) is 0.613. The summed E-state index contributed by atoms with van der Waals surface area (Å²) >= 11 is 9.52. The van der Waals surface area contributed by atoms with Crippen LogP contribution in [0.25, 0.3) is 0 Å². The zero-order chi connectivity index (χ0) is 7.33. The Morgan fingerprint density at radius 1 is 1.44 bits per heavy atom. The van der Waals surface area contributed by atoms with Gasteiger partial charge >= 0.3 is 7.60 Å². The van der Waals surface area contributed by atoms with Crippen LogP contribution in [0.4, 0.5) is 0 Å². The largest absolute Gasteiger partial charge is 0.364 e. The van der Waals surface area contributed by atoms with Crippen molar-refractivity contribution in [1.29, 1.82) is 0 Å². The third kappa shape index (κ3) is 3.40. The lowest BCUT2D eigenvalue weighted by Gasteiger charge is -2.05. The number of halogens is 2. The molecule has 9 heavy (non-hydrogen) atoms. The summed E-state index contributed by atoms with van der Waals surface area (Å²) in [4.78, 5) is 0. The summed E-state index contributed by atoms with van der Waals surface area (Å²) in [5.41, 5.74) is 5.02. The maximum atomic E-state index is 10.8. The highest BCUT2D eigenvalue weighted by atomic mass is 35.5. The number of nitrogens with two attached hydrogens (primary N) is 1. The topological polar surface area (TPSA) is 61.6 Å². The summed E-state index contributed by atoms with van der Waals surface area (Å²) in [6, 6.07) is 0. The molecule has 0 saturated heterocycles. The van der Waals surface area contributed by atoms with E-state index in [2.05, 4.69) is 8.15 Å². The average Bonchev–Trinajstić information content (AvgIpc) is 1.89. The van der Waals surface area contributed by atoms with Gasteiger partial charge in [-0.15, -0.1) is 0 Å². The van der Waals surface area contributed by atoms with Crippen molar-refractivity contribution in [2.24, 2.45) is 5.73 Å². The van der Waals surface area contributed by atoms with Crippen molar-refractivity contribution in [3.8, 4) is 0 Å². The van der Waals surface area contributed by atoms with Crippen molar-refractivity contribution in [3.05, 3.63) is 0 Å². The molecule has 0 heterocycles.